The van der Waals surface area contributed by atoms with Crippen LogP contribution in [0, 0.1) is 11.8 Å². The van der Waals surface area contributed by atoms with Gasteiger partial charge in [0.15, 0.2) is 0 Å². The summed E-state index contributed by atoms with van der Waals surface area (Å²) in [4.78, 5) is 0. The predicted octanol–water partition coefficient (Wildman–Crippen LogP) is 2.09. The highest BCUT2D eigenvalue weighted by Gasteiger charge is 2.44. The molecule has 94 valence electrons. The largest absolute Gasteiger partial charge is 0.400 e. The van der Waals surface area contributed by atoms with E-state index in [0.29, 0.717) is 12.2 Å². The summed E-state index contributed by atoms with van der Waals surface area (Å²) >= 11 is 0. The topological polar surface area (TPSA) is 31.0 Å². The molecule has 0 amide bonds. The van der Waals surface area contributed by atoms with E-state index in [1.165, 1.54) is 25.7 Å². The molecule has 0 aromatic rings. The molecule has 1 saturated carbocycles. The number of hydrogen-bond acceptors (Lipinski definition) is 3. The van der Waals surface area contributed by atoms with Gasteiger partial charge in [0, 0.05) is 14.2 Å². The van der Waals surface area contributed by atoms with Crippen LogP contribution in [0.4, 0.5) is 0 Å². The number of hydrogen-bond donors (Lipinski definition) is 0. The van der Waals surface area contributed by atoms with Gasteiger partial charge in [0.25, 0.3) is 0 Å². The van der Waals surface area contributed by atoms with Crippen molar-refractivity contribution in [1.29, 1.82) is 0 Å². The summed E-state index contributed by atoms with van der Waals surface area (Å²) in [5.41, 5.74) is 0. The van der Waals surface area contributed by atoms with E-state index in [9.17, 15) is 0 Å². The van der Waals surface area contributed by atoms with Crippen molar-refractivity contribution in [2.75, 3.05) is 14.2 Å². The Hall–Kier alpha value is 0.0969. The van der Waals surface area contributed by atoms with Gasteiger partial charge in [0.05, 0.1) is 12.2 Å². The van der Waals surface area contributed by atoms with Crippen molar-refractivity contribution in [3.8, 4) is 0 Å². The number of epoxide rings is 1. The van der Waals surface area contributed by atoms with Crippen LogP contribution in [0.1, 0.15) is 32.6 Å². The molecule has 3 nitrogen and oxygen atoms in total. The van der Waals surface area contributed by atoms with Crippen molar-refractivity contribution in [1.82, 2.24) is 0 Å². The molecule has 0 bridgehead atoms. The number of rotatable bonds is 6. The fraction of sp³-hybridized carbons (Fsp3) is 1.00. The maximum Gasteiger partial charge on any atom is 0.320 e. The molecule has 0 spiro atoms. The average molecular weight is 244 g/mol. The average Bonchev–Trinajstić information content (AvgIpc) is 3.08. The van der Waals surface area contributed by atoms with Gasteiger partial charge in [-0.25, -0.2) is 0 Å². The minimum atomic E-state index is -1.34. The zero-order valence-corrected chi connectivity index (χ0v) is 11.8. The Morgan fingerprint density at radius 2 is 2.00 bits per heavy atom. The molecule has 1 aliphatic carbocycles. The Kier molecular flexibility index (Phi) is 4.41. The molecule has 4 unspecified atom stereocenters. The molecule has 16 heavy (non-hydrogen) atoms. The highest BCUT2D eigenvalue weighted by molar-refractivity contribution is 6.44. The molecule has 0 N–H and O–H groups in total. The molecular formula is C12H24O3Si. The van der Waals surface area contributed by atoms with Crippen molar-refractivity contribution in [2.45, 2.75) is 50.9 Å². The molecular weight excluding hydrogens is 220 g/mol. The second-order valence-electron chi connectivity index (χ2n) is 5.24. The van der Waals surface area contributed by atoms with Gasteiger partial charge in [-0.05, 0) is 43.6 Å². The van der Waals surface area contributed by atoms with E-state index in [2.05, 4.69) is 6.92 Å². The van der Waals surface area contributed by atoms with E-state index in [1.54, 1.807) is 14.2 Å². The van der Waals surface area contributed by atoms with Gasteiger partial charge in [-0.2, -0.15) is 0 Å². The standard InChI is InChI=1S/C12H24O3Si/c1-9(6-7-16(13-2)14-3)10-4-5-11-12(8-10)15-11/h9-12,16H,4-8H2,1-3H3. The molecule has 2 fully saturated rings. The van der Waals surface area contributed by atoms with E-state index in [-0.39, 0.29) is 0 Å². The molecule has 0 aromatic heterocycles. The van der Waals surface area contributed by atoms with Crippen molar-refractivity contribution < 1.29 is 13.6 Å². The van der Waals surface area contributed by atoms with Gasteiger partial charge in [-0.3, -0.25) is 0 Å². The van der Waals surface area contributed by atoms with Crippen LogP contribution in [0.15, 0.2) is 0 Å². The van der Waals surface area contributed by atoms with Crippen LogP contribution >= 0.6 is 0 Å². The molecule has 0 aromatic carbocycles. The monoisotopic (exact) mass is 244 g/mol. The van der Waals surface area contributed by atoms with Gasteiger partial charge in [0.1, 0.15) is 0 Å². The molecule has 1 aliphatic heterocycles. The van der Waals surface area contributed by atoms with Gasteiger partial charge < -0.3 is 13.6 Å². The highest BCUT2D eigenvalue weighted by Crippen LogP contribution is 2.43. The summed E-state index contributed by atoms with van der Waals surface area (Å²) in [6, 6.07) is 1.14. The third kappa shape index (κ3) is 3.06. The van der Waals surface area contributed by atoms with E-state index in [0.717, 1.165) is 17.9 Å². The van der Waals surface area contributed by atoms with Crippen LogP contribution in [0.2, 0.25) is 6.04 Å². The first-order valence-electron chi connectivity index (χ1n) is 6.45. The van der Waals surface area contributed by atoms with Crippen molar-refractivity contribution in [3.05, 3.63) is 0 Å². The molecule has 1 heterocycles. The first-order valence-corrected chi connectivity index (χ1v) is 8.21. The van der Waals surface area contributed by atoms with Crippen LogP contribution < -0.4 is 0 Å². The van der Waals surface area contributed by atoms with Gasteiger partial charge in [-0.1, -0.05) is 6.92 Å². The normalized spacial score (nSPS) is 34.9. The predicted molar refractivity (Wildman–Crippen MR) is 65.8 cm³/mol. The van der Waals surface area contributed by atoms with E-state index < -0.39 is 9.28 Å². The van der Waals surface area contributed by atoms with E-state index in [4.69, 9.17) is 13.6 Å². The fourth-order valence-corrected chi connectivity index (χ4v) is 4.38. The lowest BCUT2D eigenvalue weighted by Crippen LogP contribution is -2.24. The molecule has 0 radical (unpaired) electrons. The third-order valence-corrected chi connectivity index (χ3v) is 6.09. The van der Waals surface area contributed by atoms with Crippen LogP contribution in [-0.4, -0.2) is 35.7 Å². The fourth-order valence-electron chi connectivity index (χ4n) is 2.92. The molecule has 4 heteroatoms. The van der Waals surface area contributed by atoms with Crippen molar-refractivity contribution in [2.24, 2.45) is 11.8 Å². The zero-order chi connectivity index (χ0) is 11.5. The van der Waals surface area contributed by atoms with Crippen LogP contribution in [0.5, 0.6) is 0 Å². The van der Waals surface area contributed by atoms with E-state index in [1.807, 2.05) is 0 Å². The lowest BCUT2D eigenvalue weighted by atomic mass is 9.80. The third-order valence-electron chi connectivity index (χ3n) is 4.23. The first-order chi connectivity index (χ1) is 7.74. The Balaban J connectivity index is 1.68. The highest BCUT2D eigenvalue weighted by atomic mass is 28.3. The zero-order valence-electron chi connectivity index (χ0n) is 10.6. The van der Waals surface area contributed by atoms with Gasteiger partial charge >= 0.3 is 9.28 Å². The molecule has 4 atom stereocenters. The number of ether oxygens (including phenoxy) is 1. The first kappa shape index (κ1) is 12.6. The second kappa shape index (κ2) is 5.62. The van der Waals surface area contributed by atoms with Crippen molar-refractivity contribution in [3.63, 3.8) is 0 Å². The summed E-state index contributed by atoms with van der Waals surface area (Å²) in [5.74, 6) is 1.66. The van der Waals surface area contributed by atoms with Gasteiger partial charge in [0.2, 0.25) is 0 Å². The summed E-state index contributed by atoms with van der Waals surface area (Å²) in [6.07, 6.45) is 6.42. The quantitative estimate of drug-likeness (QED) is 0.529. The Bertz CT molecular complexity index is 220. The summed E-state index contributed by atoms with van der Waals surface area (Å²) in [7, 11) is 2.21. The van der Waals surface area contributed by atoms with E-state index >= 15 is 0 Å². The lowest BCUT2D eigenvalue weighted by molar-refractivity contribution is 0.250. The summed E-state index contributed by atoms with van der Waals surface area (Å²) in [6.45, 7) is 2.38. The Labute approximate surface area is 100 Å². The second-order valence-corrected chi connectivity index (χ2v) is 7.62. The minimum Gasteiger partial charge on any atom is -0.400 e. The lowest BCUT2D eigenvalue weighted by Gasteiger charge is -2.26. The maximum absolute atomic E-state index is 5.59. The molecule has 1 saturated heterocycles. The van der Waals surface area contributed by atoms with Crippen LogP contribution in [0.3, 0.4) is 0 Å². The summed E-state index contributed by atoms with van der Waals surface area (Å²) < 4.78 is 16.3. The Morgan fingerprint density at radius 3 is 2.62 bits per heavy atom. The smallest absolute Gasteiger partial charge is 0.320 e. The van der Waals surface area contributed by atoms with Gasteiger partial charge in [-0.15, -0.1) is 0 Å². The Morgan fingerprint density at radius 1 is 1.25 bits per heavy atom. The van der Waals surface area contributed by atoms with Crippen molar-refractivity contribution >= 4 is 9.28 Å². The molecule has 2 rings (SSSR count). The summed E-state index contributed by atoms with van der Waals surface area (Å²) in [5, 5.41) is 0. The van der Waals surface area contributed by atoms with Crippen LogP contribution in [0.25, 0.3) is 0 Å². The minimum absolute atomic E-state index is 0.610. The SMILES string of the molecule is CO[SiH](CCC(C)C1CCC2OC2C1)OC. The van der Waals surface area contributed by atoms with Crippen LogP contribution in [-0.2, 0) is 13.6 Å². The molecule has 2 aliphatic rings. The number of fused-ring (bicyclic) bond motifs is 1. The maximum atomic E-state index is 5.59.